The van der Waals surface area contributed by atoms with Gasteiger partial charge >= 0.3 is 5.97 Å². The van der Waals surface area contributed by atoms with Gasteiger partial charge in [-0.05, 0) is 24.1 Å². The van der Waals surface area contributed by atoms with Crippen LogP contribution in [0.4, 0.5) is 0 Å². The van der Waals surface area contributed by atoms with Crippen LogP contribution in [0.5, 0.6) is 0 Å². The molecule has 1 aliphatic rings. The second-order valence-corrected chi connectivity index (χ2v) is 10.0. The number of nitrogens with one attached hydrogen (secondary N) is 1. The number of amides is 2. The zero-order chi connectivity index (χ0) is 25.3. The summed E-state index contributed by atoms with van der Waals surface area (Å²) in [6.45, 7) is 4.14. The highest BCUT2D eigenvalue weighted by atomic mass is 32.2. The zero-order valence-electron chi connectivity index (χ0n) is 19.5. The Morgan fingerprint density at radius 2 is 1.94 bits per heavy atom. The van der Waals surface area contributed by atoms with Crippen LogP contribution in [-0.2, 0) is 29.1 Å². The number of carbonyl (C=O) groups is 3. The van der Waals surface area contributed by atoms with Crippen LogP contribution < -0.4 is 5.32 Å². The quantitative estimate of drug-likeness (QED) is 0.459. The van der Waals surface area contributed by atoms with Gasteiger partial charge in [-0.3, -0.25) is 9.59 Å². The van der Waals surface area contributed by atoms with Crippen LogP contribution >= 0.6 is 0 Å². The number of likely N-dealkylation sites (N-methyl/N-ethyl adjacent to an activating group) is 1. The third kappa shape index (κ3) is 7.24. The second kappa shape index (κ2) is 12.5. The Labute approximate surface area is 199 Å². The summed E-state index contributed by atoms with van der Waals surface area (Å²) in [6.07, 6.45) is 0.154. The molecule has 0 saturated carbocycles. The molecule has 0 unspecified atom stereocenters. The van der Waals surface area contributed by atoms with Gasteiger partial charge in [0, 0.05) is 32.2 Å². The predicted molar refractivity (Wildman–Crippen MR) is 121 cm³/mol. The Balaban J connectivity index is 2.07. The molecule has 186 valence electrons. The number of morpholine rings is 1. The Kier molecular flexibility index (Phi) is 9.97. The number of rotatable bonds is 10. The predicted octanol–water partition coefficient (Wildman–Crippen LogP) is 0.377. The summed E-state index contributed by atoms with van der Waals surface area (Å²) in [6, 6.07) is 6.45. The lowest BCUT2D eigenvalue weighted by atomic mass is 10.0. The van der Waals surface area contributed by atoms with Crippen molar-refractivity contribution in [2.45, 2.75) is 31.2 Å². The highest BCUT2D eigenvalue weighted by Gasteiger charge is 2.29. The second-order valence-electron chi connectivity index (χ2n) is 8.07. The fourth-order valence-corrected chi connectivity index (χ4v) is 4.59. The van der Waals surface area contributed by atoms with E-state index in [1.54, 1.807) is 13.8 Å². The van der Waals surface area contributed by atoms with E-state index in [-0.39, 0.29) is 42.4 Å². The maximum absolute atomic E-state index is 12.9. The molecule has 1 aromatic carbocycles. The highest BCUT2D eigenvalue weighted by Crippen LogP contribution is 2.19. The molecule has 1 saturated heterocycles. The number of esters is 1. The van der Waals surface area contributed by atoms with Gasteiger partial charge in [-0.25, -0.2) is 13.2 Å². The molecule has 2 amide bonds. The zero-order valence-corrected chi connectivity index (χ0v) is 20.3. The van der Waals surface area contributed by atoms with Crippen LogP contribution in [0.15, 0.2) is 29.2 Å². The van der Waals surface area contributed by atoms with Crippen molar-refractivity contribution in [3.63, 3.8) is 0 Å². The first-order valence-electron chi connectivity index (χ1n) is 10.8. The van der Waals surface area contributed by atoms with Crippen molar-refractivity contribution in [1.29, 1.82) is 5.26 Å². The molecule has 34 heavy (non-hydrogen) atoms. The van der Waals surface area contributed by atoms with E-state index in [0.29, 0.717) is 13.2 Å². The minimum atomic E-state index is -3.79. The molecule has 1 aliphatic heterocycles. The summed E-state index contributed by atoms with van der Waals surface area (Å²) in [7, 11) is -2.30. The van der Waals surface area contributed by atoms with Gasteiger partial charge in [0.1, 0.15) is 6.04 Å². The minimum absolute atomic E-state index is 0.0308. The molecule has 1 heterocycles. The SMILES string of the molecule is CC(C)[C@H](NC(=O)c1cccc(S(=O)(=O)N2CCOCC2)c1)C(=O)OCC(=O)N(C)CCC#N. The molecule has 0 radical (unpaired) electrons. The first kappa shape index (κ1) is 27.2. The average molecular weight is 495 g/mol. The Hall–Kier alpha value is -3.01. The van der Waals surface area contributed by atoms with Crippen LogP contribution in [0.1, 0.15) is 30.6 Å². The van der Waals surface area contributed by atoms with Crippen molar-refractivity contribution in [3.05, 3.63) is 29.8 Å². The number of nitriles is 1. The Bertz CT molecular complexity index is 1030. The molecule has 12 heteroatoms. The van der Waals surface area contributed by atoms with Crippen LogP contribution in [-0.4, -0.2) is 88.0 Å². The van der Waals surface area contributed by atoms with Gasteiger partial charge in [0.2, 0.25) is 10.0 Å². The van der Waals surface area contributed by atoms with Crippen LogP contribution in [0.25, 0.3) is 0 Å². The van der Waals surface area contributed by atoms with Gasteiger partial charge < -0.3 is 19.7 Å². The van der Waals surface area contributed by atoms with Gasteiger partial charge in [0.25, 0.3) is 11.8 Å². The number of carbonyl (C=O) groups excluding carboxylic acids is 3. The maximum Gasteiger partial charge on any atom is 0.329 e. The number of nitrogens with zero attached hydrogens (tertiary/aromatic N) is 3. The van der Waals surface area contributed by atoms with Crippen molar-refractivity contribution in [1.82, 2.24) is 14.5 Å². The number of benzene rings is 1. The standard InChI is InChI=1S/C22H30N4O7S/c1-16(2)20(22(29)33-15-19(27)25(3)9-5-8-23)24-21(28)17-6-4-7-18(14-17)34(30,31)26-10-12-32-13-11-26/h4,6-7,14,16,20H,5,9-13,15H2,1-3H3,(H,24,28)/t20-/m0/s1. The normalized spacial score (nSPS) is 15.3. The van der Waals surface area contributed by atoms with E-state index >= 15 is 0 Å². The number of sulfonamides is 1. The molecular weight excluding hydrogens is 464 g/mol. The lowest BCUT2D eigenvalue weighted by molar-refractivity contribution is -0.154. The van der Waals surface area contributed by atoms with E-state index in [1.807, 2.05) is 6.07 Å². The fourth-order valence-electron chi connectivity index (χ4n) is 3.13. The van der Waals surface area contributed by atoms with E-state index in [4.69, 9.17) is 14.7 Å². The maximum atomic E-state index is 12.9. The lowest BCUT2D eigenvalue weighted by Gasteiger charge is -2.26. The molecule has 0 spiro atoms. The summed E-state index contributed by atoms with van der Waals surface area (Å²) >= 11 is 0. The molecule has 1 aromatic rings. The molecule has 11 nitrogen and oxygen atoms in total. The fraction of sp³-hybridized carbons (Fsp3) is 0.545. The third-order valence-corrected chi connectivity index (χ3v) is 7.13. The first-order valence-corrected chi connectivity index (χ1v) is 12.3. The van der Waals surface area contributed by atoms with Crippen LogP contribution in [0.3, 0.4) is 0 Å². The first-order chi connectivity index (χ1) is 16.1. The molecule has 1 atom stereocenters. The minimum Gasteiger partial charge on any atom is -0.454 e. The van der Waals surface area contributed by atoms with Gasteiger partial charge in [0.05, 0.1) is 30.6 Å². The van der Waals surface area contributed by atoms with E-state index in [9.17, 15) is 22.8 Å². The number of ether oxygens (including phenoxy) is 2. The largest absolute Gasteiger partial charge is 0.454 e. The van der Waals surface area contributed by atoms with Crippen molar-refractivity contribution in [2.24, 2.45) is 5.92 Å². The molecule has 0 aromatic heterocycles. The third-order valence-electron chi connectivity index (χ3n) is 5.23. The van der Waals surface area contributed by atoms with E-state index in [2.05, 4.69) is 5.32 Å². The molecule has 1 N–H and O–H groups in total. The van der Waals surface area contributed by atoms with Gasteiger partial charge in [-0.15, -0.1) is 0 Å². The average Bonchev–Trinajstić information content (AvgIpc) is 2.84. The summed E-state index contributed by atoms with van der Waals surface area (Å²) in [5.41, 5.74) is 0.0695. The summed E-state index contributed by atoms with van der Waals surface area (Å²) in [5.74, 6) is -2.27. The van der Waals surface area contributed by atoms with Crippen LogP contribution in [0.2, 0.25) is 0 Å². The summed E-state index contributed by atoms with van der Waals surface area (Å²) in [5, 5.41) is 11.2. The molecular formula is C22H30N4O7S. The molecule has 2 rings (SSSR count). The van der Waals surface area contributed by atoms with Crippen LogP contribution in [0, 0.1) is 17.2 Å². The van der Waals surface area contributed by atoms with Crippen molar-refractivity contribution >= 4 is 27.8 Å². The van der Waals surface area contributed by atoms with Crippen molar-refractivity contribution < 1.29 is 32.3 Å². The topological polar surface area (TPSA) is 146 Å². The summed E-state index contributed by atoms with van der Waals surface area (Å²) < 4.78 is 37.3. The van der Waals surface area contributed by atoms with E-state index < -0.39 is 40.5 Å². The van der Waals surface area contributed by atoms with E-state index in [1.165, 1.54) is 40.5 Å². The smallest absolute Gasteiger partial charge is 0.329 e. The van der Waals surface area contributed by atoms with Gasteiger partial charge in [-0.1, -0.05) is 19.9 Å². The van der Waals surface area contributed by atoms with Crippen molar-refractivity contribution in [2.75, 3.05) is 46.5 Å². The summed E-state index contributed by atoms with van der Waals surface area (Å²) in [4.78, 5) is 38.7. The monoisotopic (exact) mass is 494 g/mol. The van der Waals surface area contributed by atoms with E-state index in [0.717, 1.165) is 0 Å². The molecule has 0 bridgehead atoms. The Morgan fingerprint density at radius 3 is 2.56 bits per heavy atom. The molecule has 0 aliphatic carbocycles. The lowest BCUT2D eigenvalue weighted by Crippen LogP contribution is -2.46. The van der Waals surface area contributed by atoms with Gasteiger partial charge in [-0.2, -0.15) is 9.57 Å². The molecule has 1 fully saturated rings. The van der Waals surface area contributed by atoms with Crippen molar-refractivity contribution in [3.8, 4) is 6.07 Å². The highest BCUT2D eigenvalue weighted by molar-refractivity contribution is 7.89. The number of hydrogen-bond donors (Lipinski definition) is 1. The number of hydrogen-bond acceptors (Lipinski definition) is 8. The van der Waals surface area contributed by atoms with Gasteiger partial charge in [0.15, 0.2) is 6.61 Å². The Morgan fingerprint density at radius 1 is 1.26 bits per heavy atom.